The van der Waals surface area contributed by atoms with Gasteiger partial charge in [-0.1, -0.05) is 0 Å². The summed E-state index contributed by atoms with van der Waals surface area (Å²) in [5.74, 6) is -1.94. The molecule has 0 spiro atoms. The fraction of sp³-hybridized carbons (Fsp3) is 0.462. The van der Waals surface area contributed by atoms with Crippen LogP contribution < -0.4 is 0 Å². The number of morpholine rings is 1. The summed E-state index contributed by atoms with van der Waals surface area (Å²) in [6.07, 6.45) is -0.164. The van der Waals surface area contributed by atoms with Crippen molar-refractivity contribution in [1.29, 1.82) is 0 Å². The Bertz CT molecular complexity index is 454. The van der Waals surface area contributed by atoms with E-state index in [1.807, 2.05) is 13.8 Å². The Morgan fingerprint density at radius 2 is 1.89 bits per heavy atom. The highest BCUT2D eigenvalue weighted by Crippen LogP contribution is 2.17. The molecule has 1 aromatic rings. The average Bonchev–Trinajstić information content (AvgIpc) is 2.26. The minimum Gasteiger partial charge on any atom is -0.372 e. The SMILES string of the molecule is C[C@H]1CN(C(=O)c2ccc(F)cc2F)C[C@H](C)O1. The summed E-state index contributed by atoms with van der Waals surface area (Å²) in [6, 6.07) is 2.99. The minimum absolute atomic E-state index is 0.0822. The Kier molecular flexibility index (Phi) is 3.61. The molecule has 1 saturated heterocycles. The number of carbonyl (C=O) groups is 1. The largest absolute Gasteiger partial charge is 0.372 e. The zero-order valence-corrected chi connectivity index (χ0v) is 10.3. The first-order chi connectivity index (χ1) is 8.47. The van der Waals surface area contributed by atoms with Gasteiger partial charge in [0.25, 0.3) is 5.91 Å². The van der Waals surface area contributed by atoms with Crippen molar-refractivity contribution in [3.8, 4) is 0 Å². The van der Waals surface area contributed by atoms with Gasteiger partial charge in [0.15, 0.2) is 0 Å². The van der Waals surface area contributed by atoms with Gasteiger partial charge in [0.05, 0.1) is 17.8 Å². The molecule has 2 rings (SSSR count). The maximum absolute atomic E-state index is 13.5. The highest BCUT2D eigenvalue weighted by Gasteiger charge is 2.27. The van der Waals surface area contributed by atoms with Crippen molar-refractivity contribution in [2.45, 2.75) is 26.1 Å². The number of hydrogen-bond donors (Lipinski definition) is 0. The molecule has 0 radical (unpaired) electrons. The van der Waals surface area contributed by atoms with Crippen molar-refractivity contribution in [3.05, 3.63) is 35.4 Å². The van der Waals surface area contributed by atoms with E-state index < -0.39 is 17.5 Å². The lowest BCUT2D eigenvalue weighted by molar-refractivity contribution is -0.0587. The van der Waals surface area contributed by atoms with E-state index in [2.05, 4.69) is 0 Å². The van der Waals surface area contributed by atoms with Crippen molar-refractivity contribution in [2.24, 2.45) is 0 Å². The summed E-state index contributed by atoms with van der Waals surface area (Å²) in [5.41, 5.74) is -0.0994. The predicted octanol–water partition coefficient (Wildman–Crippen LogP) is 2.21. The van der Waals surface area contributed by atoms with E-state index in [0.29, 0.717) is 13.1 Å². The monoisotopic (exact) mass is 255 g/mol. The van der Waals surface area contributed by atoms with Gasteiger partial charge >= 0.3 is 0 Å². The van der Waals surface area contributed by atoms with E-state index in [0.717, 1.165) is 12.1 Å². The highest BCUT2D eigenvalue weighted by molar-refractivity contribution is 5.94. The van der Waals surface area contributed by atoms with E-state index in [4.69, 9.17) is 4.74 Å². The summed E-state index contributed by atoms with van der Waals surface area (Å²) in [7, 11) is 0. The van der Waals surface area contributed by atoms with Gasteiger partial charge in [-0.15, -0.1) is 0 Å². The lowest BCUT2D eigenvalue weighted by Gasteiger charge is -2.35. The number of carbonyl (C=O) groups excluding carboxylic acids is 1. The molecule has 1 aliphatic rings. The Morgan fingerprint density at radius 1 is 1.28 bits per heavy atom. The number of rotatable bonds is 1. The number of halogens is 2. The molecule has 0 aromatic heterocycles. The number of hydrogen-bond acceptors (Lipinski definition) is 2. The fourth-order valence-electron chi connectivity index (χ4n) is 2.18. The first kappa shape index (κ1) is 13.0. The number of ether oxygens (including phenoxy) is 1. The van der Waals surface area contributed by atoms with Gasteiger partial charge in [0.1, 0.15) is 11.6 Å². The molecule has 1 aromatic carbocycles. The molecule has 3 nitrogen and oxygen atoms in total. The van der Waals surface area contributed by atoms with Crippen LogP contribution in [-0.4, -0.2) is 36.1 Å². The predicted molar refractivity (Wildman–Crippen MR) is 62.3 cm³/mol. The Morgan fingerprint density at radius 3 is 2.44 bits per heavy atom. The molecule has 0 bridgehead atoms. The lowest BCUT2D eigenvalue weighted by Crippen LogP contribution is -2.48. The molecule has 98 valence electrons. The minimum atomic E-state index is -0.827. The first-order valence-corrected chi connectivity index (χ1v) is 5.87. The molecule has 0 N–H and O–H groups in total. The zero-order valence-electron chi connectivity index (χ0n) is 10.3. The summed E-state index contributed by atoms with van der Waals surface area (Å²) in [6.45, 7) is 4.55. The van der Waals surface area contributed by atoms with E-state index in [1.54, 1.807) is 0 Å². The summed E-state index contributed by atoms with van der Waals surface area (Å²) < 4.78 is 31.8. The average molecular weight is 255 g/mol. The van der Waals surface area contributed by atoms with Crippen molar-refractivity contribution in [2.75, 3.05) is 13.1 Å². The smallest absolute Gasteiger partial charge is 0.257 e. The maximum atomic E-state index is 13.5. The van der Waals surface area contributed by atoms with E-state index >= 15 is 0 Å². The number of benzene rings is 1. The maximum Gasteiger partial charge on any atom is 0.257 e. The quantitative estimate of drug-likeness (QED) is 0.770. The molecule has 5 heteroatoms. The van der Waals surface area contributed by atoms with E-state index in [9.17, 15) is 13.6 Å². The first-order valence-electron chi connectivity index (χ1n) is 5.87. The van der Waals surface area contributed by atoms with Gasteiger partial charge in [-0.25, -0.2) is 8.78 Å². The van der Waals surface area contributed by atoms with Crippen LogP contribution in [0.2, 0.25) is 0 Å². The fourth-order valence-corrected chi connectivity index (χ4v) is 2.18. The summed E-state index contributed by atoms with van der Waals surface area (Å²) in [4.78, 5) is 13.7. The van der Waals surface area contributed by atoms with Gasteiger partial charge in [-0.3, -0.25) is 4.79 Å². The molecule has 1 amide bonds. The Labute approximate surface area is 104 Å². The molecule has 0 saturated carbocycles. The van der Waals surface area contributed by atoms with Crippen LogP contribution in [0.25, 0.3) is 0 Å². The van der Waals surface area contributed by atoms with Gasteiger partial charge in [0, 0.05) is 19.2 Å². The molecular weight excluding hydrogens is 240 g/mol. The highest BCUT2D eigenvalue weighted by atomic mass is 19.1. The van der Waals surface area contributed by atoms with Crippen LogP contribution in [0.1, 0.15) is 24.2 Å². The van der Waals surface area contributed by atoms with Crippen LogP contribution in [0.15, 0.2) is 18.2 Å². The van der Waals surface area contributed by atoms with E-state index in [-0.39, 0.29) is 17.8 Å². The van der Waals surface area contributed by atoms with Crippen LogP contribution >= 0.6 is 0 Å². The third-order valence-corrected chi connectivity index (χ3v) is 2.87. The van der Waals surface area contributed by atoms with Crippen molar-refractivity contribution >= 4 is 5.91 Å². The van der Waals surface area contributed by atoms with Gasteiger partial charge in [-0.05, 0) is 26.0 Å². The standard InChI is InChI=1S/C13H15F2NO2/c1-8-6-16(7-9(2)18-8)13(17)11-4-3-10(14)5-12(11)15/h3-5,8-9H,6-7H2,1-2H3/t8-,9-/m0/s1. The molecule has 0 unspecified atom stereocenters. The lowest BCUT2D eigenvalue weighted by atomic mass is 10.1. The van der Waals surface area contributed by atoms with Crippen molar-refractivity contribution in [3.63, 3.8) is 0 Å². The van der Waals surface area contributed by atoms with Crippen LogP contribution in [0.4, 0.5) is 8.78 Å². The molecular formula is C13H15F2NO2. The van der Waals surface area contributed by atoms with Gasteiger partial charge in [-0.2, -0.15) is 0 Å². The van der Waals surface area contributed by atoms with Crippen LogP contribution in [0.5, 0.6) is 0 Å². The van der Waals surface area contributed by atoms with Crippen molar-refractivity contribution < 1.29 is 18.3 Å². The normalized spacial score (nSPS) is 24.1. The number of nitrogens with zero attached hydrogens (tertiary/aromatic N) is 1. The molecule has 1 heterocycles. The Hall–Kier alpha value is -1.49. The molecule has 1 fully saturated rings. The third kappa shape index (κ3) is 2.67. The second kappa shape index (κ2) is 5.02. The second-order valence-electron chi connectivity index (χ2n) is 4.59. The van der Waals surface area contributed by atoms with Crippen LogP contribution in [-0.2, 0) is 4.74 Å². The molecule has 2 atom stereocenters. The summed E-state index contributed by atoms with van der Waals surface area (Å²) >= 11 is 0. The van der Waals surface area contributed by atoms with Crippen LogP contribution in [0, 0.1) is 11.6 Å². The van der Waals surface area contributed by atoms with E-state index in [1.165, 1.54) is 11.0 Å². The van der Waals surface area contributed by atoms with Gasteiger partial charge in [0.2, 0.25) is 0 Å². The zero-order chi connectivity index (χ0) is 13.3. The van der Waals surface area contributed by atoms with Crippen LogP contribution in [0.3, 0.4) is 0 Å². The summed E-state index contributed by atoms with van der Waals surface area (Å²) in [5, 5.41) is 0. The third-order valence-electron chi connectivity index (χ3n) is 2.87. The van der Waals surface area contributed by atoms with Crippen molar-refractivity contribution in [1.82, 2.24) is 4.90 Å². The molecule has 0 aliphatic carbocycles. The number of amides is 1. The second-order valence-corrected chi connectivity index (χ2v) is 4.59. The molecule has 18 heavy (non-hydrogen) atoms. The van der Waals surface area contributed by atoms with Gasteiger partial charge < -0.3 is 9.64 Å². The topological polar surface area (TPSA) is 29.5 Å². The Balaban J connectivity index is 2.20. The molecule has 1 aliphatic heterocycles.